The zero-order valence-electron chi connectivity index (χ0n) is 8.42. The Kier molecular flexibility index (Phi) is 4.38. The molecule has 0 amide bonds. The maximum atomic E-state index is 11.3. The Morgan fingerprint density at radius 2 is 2.33 bits per heavy atom. The third kappa shape index (κ3) is 3.41. The largest absolute Gasteiger partial charge is 0.492 e. The van der Waals surface area contributed by atoms with E-state index >= 15 is 0 Å². The predicted octanol–water partition coefficient (Wildman–Crippen LogP) is 3.05. The molecule has 2 nitrogen and oxygen atoms in total. The van der Waals surface area contributed by atoms with Crippen molar-refractivity contribution in [1.29, 1.82) is 0 Å². The number of terminal acetylenes is 1. The Bertz CT molecular complexity index is 405. The number of hydrogen-bond donors (Lipinski definition) is 0. The lowest BCUT2D eigenvalue weighted by Gasteiger charge is -2.08. The molecule has 0 N–H and O–H groups in total. The van der Waals surface area contributed by atoms with E-state index < -0.39 is 0 Å². The molecule has 0 aromatic heterocycles. The van der Waals surface area contributed by atoms with Gasteiger partial charge in [-0.25, -0.2) is 0 Å². The Morgan fingerprint density at radius 1 is 1.60 bits per heavy atom. The van der Waals surface area contributed by atoms with Crippen molar-refractivity contribution in [2.45, 2.75) is 13.3 Å². The predicted molar refractivity (Wildman–Crippen MR) is 63.1 cm³/mol. The van der Waals surface area contributed by atoms with E-state index in [4.69, 9.17) is 11.2 Å². The first kappa shape index (κ1) is 11.8. The molecule has 78 valence electrons. The van der Waals surface area contributed by atoms with Gasteiger partial charge in [-0.3, -0.25) is 4.79 Å². The summed E-state index contributed by atoms with van der Waals surface area (Å²) < 4.78 is 6.27. The summed E-state index contributed by atoms with van der Waals surface area (Å²) in [6, 6.07) is 5.34. The van der Waals surface area contributed by atoms with Crippen molar-refractivity contribution in [2.75, 3.05) is 6.61 Å². The van der Waals surface area contributed by atoms with Gasteiger partial charge in [-0.05, 0) is 25.1 Å². The minimum absolute atomic E-state index is 0.0213. The number of Topliss-reactive ketones (excluding diaryl/α,β-unsaturated/α-hetero) is 1. The van der Waals surface area contributed by atoms with Crippen LogP contribution in [0.15, 0.2) is 22.7 Å². The summed E-state index contributed by atoms with van der Waals surface area (Å²) in [6.45, 7) is 1.94. The average Bonchev–Trinajstić information content (AvgIpc) is 2.20. The van der Waals surface area contributed by atoms with E-state index in [0.717, 1.165) is 4.47 Å². The van der Waals surface area contributed by atoms with Gasteiger partial charge >= 0.3 is 0 Å². The lowest BCUT2D eigenvalue weighted by molar-refractivity contribution is 0.101. The highest BCUT2D eigenvalue weighted by molar-refractivity contribution is 9.10. The molecule has 0 aliphatic heterocycles. The van der Waals surface area contributed by atoms with Gasteiger partial charge in [0.2, 0.25) is 0 Å². The van der Waals surface area contributed by atoms with Crippen molar-refractivity contribution in [3.8, 4) is 18.1 Å². The molecule has 0 bridgehead atoms. The molecule has 0 unspecified atom stereocenters. The van der Waals surface area contributed by atoms with Gasteiger partial charge in [-0.1, -0.05) is 15.9 Å². The summed E-state index contributed by atoms with van der Waals surface area (Å²) in [5.74, 6) is 3.04. The summed E-state index contributed by atoms with van der Waals surface area (Å²) in [5, 5.41) is 0. The first-order valence-corrected chi connectivity index (χ1v) is 5.31. The molecular weight excluding hydrogens is 256 g/mol. The van der Waals surface area contributed by atoms with Gasteiger partial charge in [0.05, 0.1) is 12.2 Å². The van der Waals surface area contributed by atoms with Crippen LogP contribution in [-0.4, -0.2) is 12.4 Å². The molecule has 0 radical (unpaired) electrons. The normalized spacial score (nSPS) is 9.40. The van der Waals surface area contributed by atoms with Crippen LogP contribution in [0.3, 0.4) is 0 Å². The Labute approximate surface area is 97.8 Å². The van der Waals surface area contributed by atoms with Crippen molar-refractivity contribution in [1.82, 2.24) is 0 Å². The van der Waals surface area contributed by atoms with Crippen LogP contribution in [0.2, 0.25) is 0 Å². The van der Waals surface area contributed by atoms with Gasteiger partial charge in [0.25, 0.3) is 0 Å². The van der Waals surface area contributed by atoms with Crippen LogP contribution >= 0.6 is 15.9 Å². The van der Waals surface area contributed by atoms with E-state index in [1.807, 2.05) is 6.07 Å². The van der Waals surface area contributed by atoms with E-state index in [1.165, 1.54) is 6.92 Å². The number of carbonyl (C=O) groups excluding carboxylic acids is 1. The summed E-state index contributed by atoms with van der Waals surface area (Å²) >= 11 is 3.31. The molecule has 3 heteroatoms. The lowest BCUT2D eigenvalue weighted by atomic mass is 10.1. The summed E-state index contributed by atoms with van der Waals surface area (Å²) in [6.07, 6.45) is 5.65. The topological polar surface area (TPSA) is 26.3 Å². The number of benzene rings is 1. The number of ketones is 1. The number of ether oxygens (including phenoxy) is 1. The number of carbonyl (C=O) groups is 1. The molecule has 1 rings (SSSR count). The standard InChI is InChI=1S/C12H11BrO2/c1-3-4-7-15-12-6-5-10(13)8-11(12)9(2)14/h1,5-6,8H,4,7H2,2H3. The maximum Gasteiger partial charge on any atom is 0.163 e. The van der Waals surface area contributed by atoms with Gasteiger partial charge in [0.15, 0.2) is 5.78 Å². The first-order chi connectivity index (χ1) is 7.15. The molecule has 0 saturated carbocycles. The summed E-state index contributed by atoms with van der Waals surface area (Å²) in [4.78, 5) is 11.3. The van der Waals surface area contributed by atoms with Crippen molar-refractivity contribution >= 4 is 21.7 Å². The van der Waals surface area contributed by atoms with E-state index in [1.54, 1.807) is 12.1 Å². The Balaban J connectivity index is 2.87. The zero-order chi connectivity index (χ0) is 11.3. The second kappa shape index (κ2) is 5.57. The van der Waals surface area contributed by atoms with Crippen molar-refractivity contribution in [2.24, 2.45) is 0 Å². The van der Waals surface area contributed by atoms with Gasteiger partial charge < -0.3 is 4.74 Å². The third-order valence-corrected chi connectivity index (χ3v) is 2.32. The number of rotatable bonds is 4. The van der Waals surface area contributed by atoms with Crippen LogP contribution in [-0.2, 0) is 0 Å². The fourth-order valence-electron chi connectivity index (χ4n) is 1.12. The maximum absolute atomic E-state index is 11.3. The SMILES string of the molecule is C#CCCOc1ccc(Br)cc1C(C)=O. The highest BCUT2D eigenvalue weighted by atomic mass is 79.9. The molecular formula is C12H11BrO2. The van der Waals surface area contributed by atoms with Gasteiger partial charge in [-0.15, -0.1) is 12.3 Å². The van der Waals surface area contributed by atoms with Crippen molar-refractivity contribution in [3.63, 3.8) is 0 Å². The van der Waals surface area contributed by atoms with Crippen molar-refractivity contribution in [3.05, 3.63) is 28.2 Å². The van der Waals surface area contributed by atoms with Crippen LogP contribution in [0.1, 0.15) is 23.7 Å². The van der Waals surface area contributed by atoms with Crippen LogP contribution in [0.4, 0.5) is 0 Å². The average molecular weight is 267 g/mol. The first-order valence-electron chi connectivity index (χ1n) is 4.52. The minimum atomic E-state index is -0.0213. The van der Waals surface area contributed by atoms with Crippen LogP contribution < -0.4 is 4.74 Å². The van der Waals surface area contributed by atoms with Crippen molar-refractivity contribution < 1.29 is 9.53 Å². The van der Waals surface area contributed by atoms with Gasteiger partial charge in [-0.2, -0.15) is 0 Å². The van der Waals surface area contributed by atoms with Gasteiger partial charge in [0.1, 0.15) is 5.75 Å². The fraction of sp³-hybridized carbons (Fsp3) is 0.250. The molecule has 0 fully saturated rings. The molecule has 0 atom stereocenters. The quantitative estimate of drug-likeness (QED) is 0.476. The number of hydrogen-bond acceptors (Lipinski definition) is 2. The van der Waals surface area contributed by atoms with E-state index in [9.17, 15) is 4.79 Å². The molecule has 0 aliphatic rings. The molecule has 1 aromatic rings. The van der Waals surface area contributed by atoms with E-state index in [0.29, 0.717) is 24.3 Å². The molecule has 15 heavy (non-hydrogen) atoms. The molecule has 0 saturated heterocycles. The highest BCUT2D eigenvalue weighted by Crippen LogP contribution is 2.23. The fourth-order valence-corrected chi connectivity index (χ4v) is 1.48. The summed E-state index contributed by atoms with van der Waals surface area (Å²) in [5.41, 5.74) is 0.571. The second-order valence-corrected chi connectivity index (χ2v) is 3.91. The summed E-state index contributed by atoms with van der Waals surface area (Å²) in [7, 11) is 0. The van der Waals surface area contributed by atoms with E-state index in [-0.39, 0.29) is 5.78 Å². The van der Waals surface area contributed by atoms with Crippen LogP contribution in [0.5, 0.6) is 5.75 Å². The van der Waals surface area contributed by atoms with Crippen LogP contribution in [0.25, 0.3) is 0 Å². The minimum Gasteiger partial charge on any atom is -0.492 e. The zero-order valence-corrected chi connectivity index (χ0v) is 10.0. The Hall–Kier alpha value is -1.27. The highest BCUT2D eigenvalue weighted by Gasteiger charge is 2.08. The number of halogens is 1. The lowest BCUT2D eigenvalue weighted by Crippen LogP contribution is -2.02. The molecule has 1 aromatic carbocycles. The van der Waals surface area contributed by atoms with Crippen LogP contribution in [0, 0.1) is 12.3 Å². The monoisotopic (exact) mass is 266 g/mol. The second-order valence-electron chi connectivity index (χ2n) is 3.00. The van der Waals surface area contributed by atoms with Gasteiger partial charge in [0, 0.05) is 10.9 Å². The third-order valence-electron chi connectivity index (χ3n) is 1.82. The molecule has 0 heterocycles. The Morgan fingerprint density at radius 3 is 2.93 bits per heavy atom. The molecule has 0 aliphatic carbocycles. The van der Waals surface area contributed by atoms with E-state index in [2.05, 4.69) is 21.9 Å². The smallest absolute Gasteiger partial charge is 0.163 e. The molecule has 0 spiro atoms.